The SMILES string of the molecule is O[C@H]1CCN(Cc2ccncc2)[C@H]1Cc1ccccc1. The van der Waals surface area contributed by atoms with Gasteiger partial charge in [0, 0.05) is 31.5 Å². The lowest BCUT2D eigenvalue weighted by atomic mass is 10.0. The molecule has 20 heavy (non-hydrogen) atoms. The van der Waals surface area contributed by atoms with Gasteiger partial charge in [-0.1, -0.05) is 30.3 Å². The molecule has 1 aliphatic heterocycles. The molecule has 0 saturated carbocycles. The van der Waals surface area contributed by atoms with E-state index in [9.17, 15) is 5.11 Å². The molecule has 104 valence electrons. The van der Waals surface area contributed by atoms with E-state index in [-0.39, 0.29) is 12.1 Å². The van der Waals surface area contributed by atoms with Gasteiger partial charge in [-0.15, -0.1) is 0 Å². The van der Waals surface area contributed by atoms with Gasteiger partial charge in [0.05, 0.1) is 6.10 Å². The fourth-order valence-corrected chi connectivity index (χ4v) is 2.94. The summed E-state index contributed by atoms with van der Waals surface area (Å²) in [4.78, 5) is 6.44. The molecule has 1 saturated heterocycles. The molecule has 2 aromatic rings. The quantitative estimate of drug-likeness (QED) is 0.924. The summed E-state index contributed by atoms with van der Waals surface area (Å²) in [5.41, 5.74) is 2.55. The number of hydrogen-bond acceptors (Lipinski definition) is 3. The zero-order chi connectivity index (χ0) is 13.8. The second-order valence-corrected chi connectivity index (χ2v) is 5.44. The Morgan fingerprint density at radius 3 is 2.55 bits per heavy atom. The molecule has 0 bridgehead atoms. The minimum atomic E-state index is -0.225. The summed E-state index contributed by atoms with van der Waals surface area (Å²) in [5.74, 6) is 0. The van der Waals surface area contributed by atoms with Gasteiger partial charge in [-0.3, -0.25) is 9.88 Å². The Hall–Kier alpha value is -1.71. The van der Waals surface area contributed by atoms with E-state index >= 15 is 0 Å². The van der Waals surface area contributed by atoms with E-state index in [0.717, 1.165) is 25.9 Å². The molecule has 0 radical (unpaired) electrons. The van der Waals surface area contributed by atoms with E-state index in [0.29, 0.717) is 0 Å². The van der Waals surface area contributed by atoms with Crippen LogP contribution in [-0.4, -0.2) is 33.7 Å². The third kappa shape index (κ3) is 3.06. The zero-order valence-electron chi connectivity index (χ0n) is 11.5. The van der Waals surface area contributed by atoms with Crippen LogP contribution >= 0.6 is 0 Å². The van der Waals surface area contributed by atoms with Crippen molar-refractivity contribution in [1.82, 2.24) is 9.88 Å². The van der Waals surface area contributed by atoms with Crippen LogP contribution in [0.3, 0.4) is 0 Å². The van der Waals surface area contributed by atoms with Crippen molar-refractivity contribution in [2.24, 2.45) is 0 Å². The highest BCUT2D eigenvalue weighted by molar-refractivity contribution is 5.17. The molecule has 2 atom stereocenters. The predicted octanol–water partition coefficient (Wildman–Crippen LogP) is 2.26. The fourth-order valence-electron chi connectivity index (χ4n) is 2.94. The third-order valence-electron chi connectivity index (χ3n) is 4.05. The van der Waals surface area contributed by atoms with Gasteiger partial charge in [0.25, 0.3) is 0 Å². The smallest absolute Gasteiger partial charge is 0.0710 e. The van der Waals surface area contributed by atoms with Gasteiger partial charge in [-0.25, -0.2) is 0 Å². The summed E-state index contributed by atoms with van der Waals surface area (Å²) in [6, 6.07) is 14.7. The first-order valence-corrected chi connectivity index (χ1v) is 7.18. The van der Waals surface area contributed by atoms with Crippen molar-refractivity contribution in [2.45, 2.75) is 31.5 Å². The molecule has 1 N–H and O–H groups in total. The monoisotopic (exact) mass is 268 g/mol. The largest absolute Gasteiger partial charge is 0.391 e. The number of rotatable bonds is 4. The minimum Gasteiger partial charge on any atom is -0.391 e. The van der Waals surface area contributed by atoms with E-state index in [4.69, 9.17) is 0 Å². The van der Waals surface area contributed by atoms with Crippen molar-refractivity contribution in [3.63, 3.8) is 0 Å². The van der Waals surface area contributed by atoms with Crippen LogP contribution in [0.15, 0.2) is 54.9 Å². The topological polar surface area (TPSA) is 36.4 Å². The molecule has 3 rings (SSSR count). The minimum absolute atomic E-state index is 0.213. The molecule has 0 aliphatic carbocycles. The van der Waals surface area contributed by atoms with Crippen LogP contribution in [0, 0.1) is 0 Å². The van der Waals surface area contributed by atoms with Crippen LogP contribution in [0.25, 0.3) is 0 Å². The van der Waals surface area contributed by atoms with Gasteiger partial charge < -0.3 is 5.11 Å². The lowest BCUT2D eigenvalue weighted by Crippen LogP contribution is -2.36. The van der Waals surface area contributed by atoms with Crippen LogP contribution in [0.5, 0.6) is 0 Å². The predicted molar refractivity (Wildman–Crippen MR) is 79.2 cm³/mol. The highest BCUT2D eigenvalue weighted by atomic mass is 16.3. The summed E-state index contributed by atoms with van der Waals surface area (Å²) >= 11 is 0. The summed E-state index contributed by atoms with van der Waals surface area (Å²) in [6.07, 6.45) is 5.20. The van der Waals surface area contributed by atoms with E-state index in [2.05, 4.69) is 34.1 Å². The lowest BCUT2D eigenvalue weighted by Gasteiger charge is -2.26. The number of aliphatic hydroxyl groups is 1. The van der Waals surface area contributed by atoms with Crippen molar-refractivity contribution in [1.29, 1.82) is 0 Å². The highest BCUT2D eigenvalue weighted by Crippen LogP contribution is 2.23. The van der Waals surface area contributed by atoms with Crippen molar-refractivity contribution >= 4 is 0 Å². The Kier molecular flexibility index (Phi) is 4.09. The Morgan fingerprint density at radius 2 is 1.80 bits per heavy atom. The molecule has 3 heteroatoms. The third-order valence-corrected chi connectivity index (χ3v) is 4.05. The maximum Gasteiger partial charge on any atom is 0.0710 e. The first kappa shape index (κ1) is 13.3. The Labute approximate surface area is 119 Å². The molecule has 0 unspecified atom stereocenters. The maximum atomic E-state index is 10.2. The van der Waals surface area contributed by atoms with Crippen molar-refractivity contribution in [3.05, 3.63) is 66.0 Å². The number of likely N-dealkylation sites (tertiary alicyclic amines) is 1. The second-order valence-electron chi connectivity index (χ2n) is 5.44. The molecule has 2 heterocycles. The first-order chi connectivity index (χ1) is 9.83. The van der Waals surface area contributed by atoms with Crippen LogP contribution < -0.4 is 0 Å². The normalized spacial score (nSPS) is 23.1. The number of aliphatic hydroxyl groups excluding tert-OH is 1. The molecule has 3 nitrogen and oxygen atoms in total. The molecule has 1 fully saturated rings. The molecular weight excluding hydrogens is 248 g/mol. The van der Waals surface area contributed by atoms with Crippen LogP contribution in [-0.2, 0) is 13.0 Å². The van der Waals surface area contributed by atoms with Gasteiger partial charge in [-0.2, -0.15) is 0 Å². The standard InChI is InChI=1S/C17H20N2O/c20-17-8-11-19(13-15-6-9-18-10-7-15)16(17)12-14-4-2-1-3-5-14/h1-7,9-10,16-17,20H,8,11-13H2/t16-,17-/m0/s1. The summed E-state index contributed by atoms with van der Waals surface area (Å²) in [5, 5.41) is 10.2. The van der Waals surface area contributed by atoms with Crippen molar-refractivity contribution in [2.75, 3.05) is 6.54 Å². The molecule has 1 aromatic heterocycles. The summed E-state index contributed by atoms with van der Waals surface area (Å²) in [7, 11) is 0. The van der Waals surface area contributed by atoms with E-state index < -0.39 is 0 Å². The maximum absolute atomic E-state index is 10.2. The van der Waals surface area contributed by atoms with Gasteiger partial charge in [0.15, 0.2) is 0 Å². The molecule has 1 aliphatic rings. The fraction of sp³-hybridized carbons (Fsp3) is 0.353. The van der Waals surface area contributed by atoms with Gasteiger partial charge in [-0.05, 0) is 36.1 Å². The first-order valence-electron chi connectivity index (χ1n) is 7.18. The van der Waals surface area contributed by atoms with Gasteiger partial charge in [0.2, 0.25) is 0 Å². The van der Waals surface area contributed by atoms with E-state index in [1.165, 1.54) is 11.1 Å². The van der Waals surface area contributed by atoms with Crippen LogP contribution in [0.4, 0.5) is 0 Å². The summed E-state index contributed by atoms with van der Waals surface area (Å²) < 4.78 is 0. The van der Waals surface area contributed by atoms with Crippen LogP contribution in [0.1, 0.15) is 17.5 Å². The van der Waals surface area contributed by atoms with Gasteiger partial charge >= 0.3 is 0 Å². The van der Waals surface area contributed by atoms with E-state index in [1.54, 1.807) is 0 Å². The lowest BCUT2D eigenvalue weighted by molar-refractivity contribution is 0.112. The number of hydrogen-bond donors (Lipinski definition) is 1. The molecule has 0 spiro atoms. The summed E-state index contributed by atoms with van der Waals surface area (Å²) in [6.45, 7) is 1.85. The average molecular weight is 268 g/mol. The number of pyridine rings is 1. The number of nitrogens with zero attached hydrogens (tertiary/aromatic N) is 2. The second kappa shape index (κ2) is 6.16. The average Bonchev–Trinajstić information content (AvgIpc) is 2.83. The Bertz CT molecular complexity index is 529. The van der Waals surface area contributed by atoms with Crippen LogP contribution in [0.2, 0.25) is 0 Å². The zero-order valence-corrected chi connectivity index (χ0v) is 11.5. The van der Waals surface area contributed by atoms with Crippen molar-refractivity contribution < 1.29 is 5.11 Å². The molecular formula is C17H20N2O. The van der Waals surface area contributed by atoms with Crippen molar-refractivity contribution in [3.8, 4) is 0 Å². The Morgan fingerprint density at radius 1 is 1.05 bits per heavy atom. The molecule has 0 amide bonds. The number of benzene rings is 1. The van der Waals surface area contributed by atoms with E-state index in [1.807, 2.05) is 30.6 Å². The highest BCUT2D eigenvalue weighted by Gasteiger charge is 2.32. The Balaban J connectivity index is 1.70. The molecule has 1 aromatic carbocycles. The van der Waals surface area contributed by atoms with Gasteiger partial charge in [0.1, 0.15) is 0 Å². The number of aromatic nitrogens is 1.